The Morgan fingerprint density at radius 3 is 2.50 bits per heavy atom. The number of carboxylic acids is 1. The van der Waals surface area contributed by atoms with Gasteiger partial charge in [0.2, 0.25) is 10.0 Å². The van der Waals surface area contributed by atoms with Crippen LogP contribution in [0.15, 0.2) is 0 Å². The van der Waals surface area contributed by atoms with Crippen LogP contribution in [0.5, 0.6) is 0 Å². The van der Waals surface area contributed by atoms with E-state index in [4.69, 9.17) is 5.11 Å². The summed E-state index contributed by atoms with van der Waals surface area (Å²) >= 11 is 0. The van der Waals surface area contributed by atoms with Gasteiger partial charge in [-0.1, -0.05) is 0 Å². The summed E-state index contributed by atoms with van der Waals surface area (Å²) in [5, 5.41) is 8.68. The molecule has 0 radical (unpaired) electrons. The van der Waals surface area contributed by atoms with E-state index in [-0.39, 0.29) is 18.8 Å². The molecule has 0 aromatic carbocycles. The maximum Gasteiger partial charge on any atom is 0.321 e. The minimum Gasteiger partial charge on any atom is -0.480 e. The molecule has 0 aliphatic carbocycles. The molecule has 0 fully saturated rings. The van der Waals surface area contributed by atoms with Crippen molar-refractivity contribution in [2.75, 3.05) is 19.5 Å². The Kier molecular flexibility index (Phi) is 5.66. The Balaban J connectivity index is 4.31. The highest BCUT2D eigenvalue weighted by atomic mass is 32.2. The molecule has 2 N–H and O–H groups in total. The van der Waals surface area contributed by atoms with E-state index in [2.05, 4.69) is 9.46 Å². The third kappa shape index (κ3) is 5.15. The topological polar surface area (TPSA) is 92.7 Å². The average Bonchev–Trinajstić information content (AvgIpc) is 2.12. The first-order chi connectivity index (χ1) is 6.43. The van der Waals surface area contributed by atoms with E-state index in [0.717, 1.165) is 0 Å². The predicted octanol–water partition coefficient (Wildman–Crippen LogP) is -0.585. The monoisotopic (exact) mass is 225 g/mol. The number of sulfonamides is 1. The second-order valence-corrected chi connectivity index (χ2v) is 4.74. The molecule has 0 aliphatic heterocycles. The molecule has 0 bridgehead atoms. The van der Waals surface area contributed by atoms with Gasteiger partial charge in [-0.15, -0.1) is 0 Å². The molecule has 0 heterocycles. The quantitative estimate of drug-likeness (QED) is 0.604. The molecule has 7 heteroatoms. The van der Waals surface area contributed by atoms with Crippen LogP contribution in [0.3, 0.4) is 0 Å². The van der Waals surface area contributed by atoms with E-state index in [1.54, 1.807) is 0 Å². The first-order valence-corrected chi connectivity index (χ1v) is 5.80. The van der Waals surface area contributed by atoms with Gasteiger partial charge in [0.05, 0.1) is 5.75 Å². The molecule has 0 aromatic rings. The van der Waals surface area contributed by atoms with Gasteiger partial charge in [-0.2, -0.15) is 0 Å². The Hall–Kier alpha value is -0.660. The number of hydrogen-bond acceptors (Lipinski definition) is 4. The highest BCUT2D eigenvalue weighted by Crippen LogP contribution is 1.96. The SMILES string of the molecule is CCS(=O)(=O)NC(CCOC)C(=O)O. The number of hydrogen-bond donors (Lipinski definition) is 2. The molecule has 1 unspecified atom stereocenters. The molecule has 0 aliphatic rings. The summed E-state index contributed by atoms with van der Waals surface area (Å²) in [4.78, 5) is 10.6. The molecular formula is C7H15NO5S. The third-order valence-corrected chi connectivity index (χ3v) is 3.01. The fraction of sp³-hybridized carbons (Fsp3) is 0.857. The van der Waals surface area contributed by atoms with E-state index < -0.39 is 22.0 Å². The molecular weight excluding hydrogens is 210 g/mol. The van der Waals surface area contributed by atoms with Gasteiger partial charge in [0.25, 0.3) is 0 Å². The Labute approximate surface area is 83.3 Å². The van der Waals surface area contributed by atoms with Crippen LogP contribution in [0.4, 0.5) is 0 Å². The van der Waals surface area contributed by atoms with Crippen molar-refractivity contribution in [1.29, 1.82) is 0 Å². The third-order valence-electron chi connectivity index (χ3n) is 1.61. The maximum atomic E-state index is 11.1. The summed E-state index contributed by atoms with van der Waals surface area (Å²) in [6, 6.07) is -1.11. The van der Waals surface area contributed by atoms with Crippen molar-refractivity contribution in [3.63, 3.8) is 0 Å². The van der Waals surface area contributed by atoms with Gasteiger partial charge in [0, 0.05) is 13.7 Å². The van der Waals surface area contributed by atoms with Crippen LogP contribution in [0, 0.1) is 0 Å². The predicted molar refractivity (Wildman–Crippen MR) is 50.5 cm³/mol. The number of ether oxygens (including phenoxy) is 1. The zero-order valence-corrected chi connectivity index (χ0v) is 9.00. The molecule has 1 atom stereocenters. The molecule has 0 amide bonds. The van der Waals surface area contributed by atoms with Crippen molar-refractivity contribution in [2.45, 2.75) is 19.4 Å². The summed E-state index contributed by atoms with van der Waals surface area (Å²) in [5.41, 5.74) is 0. The highest BCUT2D eigenvalue weighted by Gasteiger charge is 2.22. The number of nitrogens with one attached hydrogen (secondary N) is 1. The second-order valence-electron chi connectivity index (χ2n) is 2.69. The fourth-order valence-electron chi connectivity index (χ4n) is 0.769. The van der Waals surface area contributed by atoms with E-state index in [0.29, 0.717) is 0 Å². The standard InChI is InChI=1S/C7H15NO5S/c1-3-14(11,12)8-6(7(9)10)4-5-13-2/h6,8H,3-5H2,1-2H3,(H,9,10). The first-order valence-electron chi connectivity index (χ1n) is 4.14. The molecule has 6 nitrogen and oxygen atoms in total. The van der Waals surface area contributed by atoms with Gasteiger partial charge >= 0.3 is 5.97 Å². The molecule has 0 saturated carbocycles. The number of rotatable bonds is 7. The average molecular weight is 225 g/mol. The van der Waals surface area contributed by atoms with Crippen molar-refractivity contribution in [2.24, 2.45) is 0 Å². The van der Waals surface area contributed by atoms with E-state index >= 15 is 0 Å². The minimum atomic E-state index is -3.48. The van der Waals surface area contributed by atoms with Crippen LogP contribution in [0.1, 0.15) is 13.3 Å². The van der Waals surface area contributed by atoms with Gasteiger partial charge in [-0.05, 0) is 13.3 Å². The summed E-state index contributed by atoms with van der Waals surface area (Å²) in [5.74, 6) is -1.33. The number of aliphatic carboxylic acids is 1. The maximum absolute atomic E-state index is 11.1. The summed E-state index contributed by atoms with van der Waals surface area (Å²) < 4.78 is 28.9. The van der Waals surface area contributed by atoms with Gasteiger partial charge < -0.3 is 9.84 Å². The van der Waals surface area contributed by atoms with E-state index in [9.17, 15) is 13.2 Å². The van der Waals surface area contributed by atoms with Gasteiger partial charge in [-0.25, -0.2) is 13.1 Å². The lowest BCUT2D eigenvalue weighted by Crippen LogP contribution is -2.42. The first kappa shape index (κ1) is 13.3. The summed E-state index contributed by atoms with van der Waals surface area (Å²) in [6.45, 7) is 1.64. The van der Waals surface area contributed by atoms with Crippen molar-refractivity contribution in [3.8, 4) is 0 Å². The molecule has 0 saturated heterocycles. The minimum absolute atomic E-state index is 0.116. The Bertz CT molecular complexity index is 274. The summed E-state index contributed by atoms with van der Waals surface area (Å²) in [7, 11) is -2.06. The lowest BCUT2D eigenvalue weighted by Gasteiger charge is -2.12. The number of carboxylic acid groups (broad SMARTS) is 1. The van der Waals surface area contributed by atoms with Crippen LogP contribution in [0.25, 0.3) is 0 Å². The molecule has 0 rings (SSSR count). The number of carbonyl (C=O) groups is 1. The van der Waals surface area contributed by atoms with E-state index in [1.807, 2.05) is 0 Å². The summed E-state index contributed by atoms with van der Waals surface area (Å²) in [6.07, 6.45) is 0.116. The van der Waals surface area contributed by atoms with Crippen LogP contribution in [-0.4, -0.2) is 45.0 Å². The lowest BCUT2D eigenvalue weighted by molar-refractivity contribution is -0.139. The largest absolute Gasteiger partial charge is 0.480 e. The lowest BCUT2D eigenvalue weighted by atomic mass is 10.2. The zero-order chi connectivity index (χ0) is 11.2. The van der Waals surface area contributed by atoms with Crippen molar-refractivity contribution in [3.05, 3.63) is 0 Å². The molecule has 14 heavy (non-hydrogen) atoms. The smallest absolute Gasteiger partial charge is 0.321 e. The van der Waals surface area contributed by atoms with Crippen molar-refractivity contribution < 1.29 is 23.1 Å². The van der Waals surface area contributed by atoms with Gasteiger partial charge in [0.15, 0.2) is 0 Å². The number of methoxy groups -OCH3 is 1. The molecule has 0 aromatic heterocycles. The van der Waals surface area contributed by atoms with Crippen LogP contribution >= 0.6 is 0 Å². The van der Waals surface area contributed by atoms with Crippen LogP contribution in [-0.2, 0) is 19.6 Å². The van der Waals surface area contributed by atoms with E-state index in [1.165, 1.54) is 14.0 Å². The Morgan fingerprint density at radius 2 is 2.14 bits per heavy atom. The van der Waals surface area contributed by atoms with Crippen LogP contribution in [0.2, 0.25) is 0 Å². The van der Waals surface area contributed by atoms with Gasteiger partial charge in [0.1, 0.15) is 6.04 Å². The van der Waals surface area contributed by atoms with Crippen LogP contribution < -0.4 is 4.72 Å². The fourth-order valence-corrected chi connectivity index (χ4v) is 1.59. The van der Waals surface area contributed by atoms with Crippen molar-refractivity contribution in [1.82, 2.24) is 4.72 Å². The van der Waals surface area contributed by atoms with Gasteiger partial charge in [-0.3, -0.25) is 4.79 Å². The normalized spacial score (nSPS) is 13.9. The highest BCUT2D eigenvalue weighted by molar-refractivity contribution is 7.89. The van der Waals surface area contributed by atoms with Crippen molar-refractivity contribution >= 4 is 16.0 Å². The Morgan fingerprint density at radius 1 is 1.57 bits per heavy atom. The molecule has 84 valence electrons. The second kappa shape index (κ2) is 5.94. The molecule has 0 spiro atoms. The zero-order valence-electron chi connectivity index (χ0n) is 8.19.